The maximum Gasteiger partial charge on any atom is 0.334 e. The Hall–Kier alpha value is -2.59. The molecule has 1 atom stereocenters. The van der Waals surface area contributed by atoms with Gasteiger partial charge < -0.3 is 10.0 Å². The number of carboxylic acid groups (broad SMARTS) is 1. The van der Waals surface area contributed by atoms with Crippen molar-refractivity contribution < 1.29 is 9.90 Å². The number of nitrogens with zero attached hydrogens (tertiary/aromatic N) is 2. The van der Waals surface area contributed by atoms with E-state index in [-0.39, 0.29) is 5.92 Å². The average Bonchev–Trinajstić information content (AvgIpc) is 2.55. The number of carboxylic acids is 1. The van der Waals surface area contributed by atoms with Gasteiger partial charge in [-0.2, -0.15) is 0 Å². The zero-order valence-electron chi connectivity index (χ0n) is 13.4. The first-order valence-corrected chi connectivity index (χ1v) is 7.95. The second-order valence-corrected chi connectivity index (χ2v) is 6.07. The predicted molar refractivity (Wildman–Crippen MR) is 95.0 cm³/mol. The monoisotopic (exact) mass is 340 g/mol. The van der Waals surface area contributed by atoms with Crippen molar-refractivity contribution in [2.45, 2.75) is 19.8 Å². The van der Waals surface area contributed by atoms with E-state index in [1.807, 2.05) is 55.2 Å². The predicted octanol–water partition coefficient (Wildman–Crippen LogP) is 4.60. The van der Waals surface area contributed by atoms with E-state index in [0.29, 0.717) is 16.3 Å². The minimum absolute atomic E-state index is 0.317. The number of rotatable bonds is 3. The van der Waals surface area contributed by atoms with E-state index in [1.165, 1.54) is 0 Å². The van der Waals surface area contributed by atoms with Crippen LogP contribution in [0.15, 0.2) is 71.8 Å². The van der Waals surface area contributed by atoms with E-state index in [1.54, 1.807) is 18.5 Å². The van der Waals surface area contributed by atoms with Crippen LogP contribution in [-0.4, -0.2) is 16.1 Å². The molecule has 24 heavy (non-hydrogen) atoms. The van der Waals surface area contributed by atoms with Gasteiger partial charge in [0, 0.05) is 28.5 Å². The zero-order chi connectivity index (χ0) is 17.3. The third-order valence-electron chi connectivity index (χ3n) is 4.17. The highest BCUT2D eigenvalue weighted by molar-refractivity contribution is 6.31. The first kappa shape index (κ1) is 16.3. The summed E-state index contributed by atoms with van der Waals surface area (Å²) in [5.41, 5.74) is 3.55. The molecule has 2 heterocycles. The summed E-state index contributed by atoms with van der Waals surface area (Å²) in [7, 11) is 0. The molecule has 4 nitrogen and oxygen atoms in total. The highest BCUT2D eigenvalue weighted by atomic mass is 35.5. The molecule has 0 radical (unpaired) electrons. The summed E-state index contributed by atoms with van der Waals surface area (Å²) >= 11 is 6.31. The number of anilines is 1. The topological polar surface area (TPSA) is 53.4 Å². The number of benzene rings is 1. The van der Waals surface area contributed by atoms with Crippen molar-refractivity contribution in [1.82, 2.24) is 4.98 Å². The molecule has 1 unspecified atom stereocenters. The second kappa shape index (κ2) is 6.49. The van der Waals surface area contributed by atoms with Crippen molar-refractivity contribution in [3.63, 3.8) is 0 Å². The fourth-order valence-electron chi connectivity index (χ4n) is 3.15. The standard InChI is InChI=1S/C19H17ClN2O2/c1-12-10-16(15-7-3-4-8-17(15)20)18(19(23)24)13(2)22(12)14-6-5-9-21-11-14/h3-11,16H,1-2H3,(H,23,24). The number of pyridine rings is 1. The van der Waals surface area contributed by atoms with E-state index in [0.717, 1.165) is 16.9 Å². The van der Waals surface area contributed by atoms with Crippen LogP contribution in [-0.2, 0) is 4.79 Å². The van der Waals surface area contributed by atoms with Gasteiger partial charge in [0.25, 0.3) is 0 Å². The Kier molecular flexibility index (Phi) is 4.40. The number of hydrogen-bond acceptors (Lipinski definition) is 3. The van der Waals surface area contributed by atoms with Gasteiger partial charge in [0.15, 0.2) is 0 Å². The van der Waals surface area contributed by atoms with E-state index in [9.17, 15) is 9.90 Å². The highest BCUT2D eigenvalue weighted by Gasteiger charge is 2.32. The van der Waals surface area contributed by atoms with Crippen LogP contribution < -0.4 is 4.90 Å². The van der Waals surface area contributed by atoms with Gasteiger partial charge in [-0.3, -0.25) is 4.98 Å². The molecule has 1 aromatic heterocycles. The minimum Gasteiger partial charge on any atom is -0.478 e. The van der Waals surface area contributed by atoms with Gasteiger partial charge in [0.05, 0.1) is 17.5 Å². The lowest BCUT2D eigenvalue weighted by atomic mass is 9.86. The van der Waals surface area contributed by atoms with Crippen LogP contribution in [0.3, 0.4) is 0 Å². The van der Waals surface area contributed by atoms with E-state index < -0.39 is 5.97 Å². The Labute approximate surface area is 145 Å². The molecule has 0 amide bonds. The molecule has 1 aliphatic rings. The largest absolute Gasteiger partial charge is 0.478 e. The quantitative estimate of drug-likeness (QED) is 0.887. The van der Waals surface area contributed by atoms with Gasteiger partial charge in [-0.15, -0.1) is 0 Å². The molecular formula is C19H17ClN2O2. The maximum atomic E-state index is 12.0. The van der Waals surface area contributed by atoms with Crippen molar-refractivity contribution in [3.8, 4) is 0 Å². The second-order valence-electron chi connectivity index (χ2n) is 5.66. The Bertz CT molecular complexity index is 843. The maximum absolute atomic E-state index is 12.0. The third-order valence-corrected chi connectivity index (χ3v) is 4.52. The van der Waals surface area contributed by atoms with E-state index in [4.69, 9.17) is 11.6 Å². The van der Waals surface area contributed by atoms with Crippen LogP contribution in [0.2, 0.25) is 5.02 Å². The lowest BCUT2D eigenvalue weighted by Crippen LogP contribution is -2.29. The number of halogens is 1. The molecule has 1 aromatic carbocycles. The average molecular weight is 341 g/mol. The van der Waals surface area contributed by atoms with Crippen LogP contribution in [0.5, 0.6) is 0 Å². The van der Waals surface area contributed by atoms with Gasteiger partial charge in [-0.25, -0.2) is 4.79 Å². The summed E-state index contributed by atoms with van der Waals surface area (Å²) in [4.78, 5) is 18.0. The van der Waals surface area contributed by atoms with Gasteiger partial charge in [-0.05, 0) is 37.6 Å². The molecule has 5 heteroatoms. The minimum atomic E-state index is -0.949. The molecule has 122 valence electrons. The normalized spacial score (nSPS) is 17.7. The molecule has 0 saturated carbocycles. The highest BCUT2D eigenvalue weighted by Crippen LogP contribution is 2.40. The van der Waals surface area contributed by atoms with Crippen molar-refractivity contribution in [2.75, 3.05) is 4.90 Å². The summed E-state index contributed by atoms with van der Waals surface area (Å²) < 4.78 is 0. The summed E-state index contributed by atoms with van der Waals surface area (Å²) in [5, 5.41) is 10.4. The van der Waals surface area contributed by atoms with Crippen molar-refractivity contribution >= 4 is 23.3 Å². The number of aliphatic carboxylic acids is 1. The van der Waals surface area contributed by atoms with Crippen LogP contribution in [0.25, 0.3) is 0 Å². The summed E-state index contributed by atoms with van der Waals surface area (Å²) in [5.74, 6) is -1.33. The SMILES string of the molecule is CC1=CC(c2ccccc2Cl)C(C(=O)O)=C(C)N1c1cccnc1. The van der Waals surface area contributed by atoms with Gasteiger partial charge in [-0.1, -0.05) is 35.9 Å². The summed E-state index contributed by atoms with van der Waals surface area (Å²) in [6.07, 6.45) is 5.34. The number of allylic oxidation sites excluding steroid dienone is 3. The van der Waals surface area contributed by atoms with Gasteiger partial charge in [0.2, 0.25) is 0 Å². The molecule has 1 N–H and O–H groups in total. The van der Waals surface area contributed by atoms with Crippen LogP contribution >= 0.6 is 11.6 Å². The van der Waals surface area contributed by atoms with E-state index in [2.05, 4.69) is 4.98 Å². The molecule has 0 bridgehead atoms. The Balaban J connectivity index is 2.16. The van der Waals surface area contributed by atoms with Gasteiger partial charge in [0.1, 0.15) is 0 Å². The summed E-state index contributed by atoms with van der Waals surface area (Å²) in [6, 6.07) is 11.1. The van der Waals surface area contributed by atoms with Gasteiger partial charge >= 0.3 is 5.97 Å². The molecule has 0 spiro atoms. The van der Waals surface area contributed by atoms with Crippen LogP contribution in [0.1, 0.15) is 25.3 Å². The molecule has 3 rings (SSSR count). The zero-order valence-corrected chi connectivity index (χ0v) is 14.2. The smallest absolute Gasteiger partial charge is 0.334 e. The summed E-state index contributed by atoms with van der Waals surface area (Å²) in [6.45, 7) is 3.77. The molecule has 0 saturated heterocycles. The van der Waals surface area contributed by atoms with Crippen molar-refractivity contribution in [3.05, 3.63) is 82.4 Å². The Morgan fingerprint density at radius 3 is 2.58 bits per heavy atom. The Morgan fingerprint density at radius 1 is 1.21 bits per heavy atom. The molecule has 0 fully saturated rings. The lowest BCUT2D eigenvalue weighted by molar-refractivity contribution is -0.132. The number of aromatic nitrogens is 1. The van der Waals surface area contributed by atoms with Crippen LogP contribution in [0.4, 0.5) is 5.69 Å². The fourth-order valence-corrected chi connectivity index (χ4v) is 3.41. The number of hydrogen-bond donors (Lipinski definition) is 1. The fraction of sp³-hybridized carbons (Fsp3) is 0.158. The first-order valence-electron chi connectivity index (χ1n) is 7.57. The molecule has 2 aromatic rings. The number of carbonyl (C=O) groups is 1. The van der Waals surface area contributed by atoms with E-state index >= 15 is 0 Å². The lowest BCUT2D eigenvalue weighted by Gasteiger charge is -2.34. The molecule has 1 aliphatic heterocycles. The first-order chi connectivity index (χ1) is 11.5. The van der Waals surface area contributed by atoms with Crippen LogP contribution in [0, 0.1) is 0 Å². The van der Waals surface area contributed by atoms with Crippen molar-refractivity contribution in [1.29, 1.82) is 0 Å². The third kappa shape index (κ3) is 2.81. The van der Waals surface area contributed by atoms with Crippen molar-refractivity contribution in [2.24, 2.45) is 0 Å². The Morgan fingerprint density at radius 2 is 1.96 bits per heavy atom. The molecular weight excluding hydrogens is 324 g/mol. The molecule has 0 aliphatic carbocycles.